The highest BCUT2D eigenvalue weighted by Gasteiger charge is 2.26. The molecule has 0 N–H and O–H groups in total. The van der Waals surface area contributed by atoms with Crippen LogP contribution in [0.2, 0.25) is 0 Å². The van der Waals surface area contributed by atoms with Gasteiger partial charge in [-0.25, -0.2) is 4.98 Å². The third-order valence-corrected chi connectivity index (χ3v) is 3.61. The average Bonchev–Trinajstić information content (AvgIpc) is 2.38. The molecule has 0 saturated carbocycles. The SMILES string of the molecule is Cc1nc(Br)ccc1OCC(C)(C)OC1CCCCO1. The van der Waals surface area contributed by atoms with Gasteiger partial charge in [0.05, 0.1) is 11.3 Å². The van der Waals surface area contributed by atoms with Crippen molar-refractivity contribution in [3.63, 3.8) is 0 Å². The zero-order chi connectivity index (χ0) is 14.6. The van der Waals surface area contributed by atoms with Gasteiger partial charge in [0, 0.05) is 6.61 Å². The Hall–Kier alpha value is -0.650. The fourth-order valence-corrected chi connectivity index (χ4v) is 2.51. The summed E-state index contributed by atoms with van der Waals surface area (Å²) in [6.45, 7) is 7.23. The zero-order valence-electron chi connectivity index (χ0n) is 12.3. The zero-order valence-corrected chi connectivity index (χ0v) is 13.9. The normalized spacial score (nSPS) is 19.9. The predicted octanol–water partition coefficient (Wildman–Crippen LogP) is 3.85. The van der Waals surface area contributed by atoms with Crippen LogP contribution in [0.3, 0.4) is 0 Å². The first-order valence-electron chi connectivity index (χ1n) is 7.02. The van der Waals surface area contributed by atoms with Gasteiger partial charge in [0.25, 0.3) is 0 Å². The summed E-state index contributed by atoms with van der Waals surface area (Å²) in [5, 5.41) is 0. The van der Waals surface area contributed by atoms with E-state index in [0.717, 1.165) is 41.9 Å². The lowest BCUT2D eigenvalue weighted by atomic mass is 10.1. The topological polar surface area (TPSA) is 40.6 Å². The lowest BCUT2D eigenvalue weighted by Gasteiger charge is -2.32. The Labute approximate surface area is 129 Å². The highest BCUT2D eigenvalue weighted by Crippen LogP contribution is 2.23. The van der Waals surface area contributed by atoms with E-state index in [2.05, 4.69) is 20.9 Å². The minimum Gasteiger partial charge on any atom is -0.489 e. The number of ether oxygens (including phenoxy) is 3. The van der Waals surface area contributed by atoms with Crippen molar-refractivity contribution in [1.82, 2.24) is 4.98 Å². The standard InChI is InChI=1S/C15H22BrNO3/c1-11-12(7-8-13(16)17-11)19-10-15(2,3)20-14-6-4-5-9-18-14/h7-8,14H,4-6,9-10H2,1-3H3. The summed E-state index contributed by atoms with van der Waals surface area (Å²) in [5.41, 5.74) is 0.478. The number of aromatic nitrogens is 1. The Bertz CT molecular complexity index is 445. The first-order chi connectivity index (χ1) is 9.46. The molecule has 0 radical (unpaired) electrons. The second-order valence-electron chi connectivity index (χ2n) is 5.68. The van der Waals surface area contributed by atoms with Crippen LogP contribution in [0.4, 0.5) is 0 Å². The number of nitrogens with zero attached hydrogens (tertiary/aromatic N) is 1. The van der Waals surface area contributed by atoms with Crippen LogP contribution in [0.1, 0.15) is 38.8 Å². The second-order valence-corrected chi connectivity index (χ2v) is 6.49. The number of hydrogen-bond donors (Lipinski definition) is 0. The maximum Gasteiger partial charge on any atom is 0.158 e. The lowest BCUT2D eigenvalue weighted by molar-refractivity contribution is -0.221. The van der Waals surface area contributed by atoms with Crippen molar-refractivity contribution in [1.29, 1.82) is 0 Å². The molecule has 20 heavy (non-hydrogen) atoms. The molecule has 0 bridgehead atoms. The summed E-state index contributed by atoms with van der Waals surface area (Å²) >= 11 is 3.34. The minimum atomic E-state index is -0.387. The molecule has 2 heterocycles. The molecule has 1 aliphatic heterocycles. The van der Waals surface area contributed by atoms with Crippen molar-refractivity contribution in [2.75, 3.05) is 13.2 Å². The molecule has 1 saturated heterocycles. The molecule has 1 aromatic rings. The Balaban J connectivity index is 1.87. The van der Waals surface area contributed by atoms with Gasteiger partial charge in [-0.2, -0.15) is 0 Å². The van der Waals surface area contributed by atoms with E-state index in [1.54, 1.807) is 0 Å². The van der Waals surface area contributed by atoms with E-state index >= 15 is 0 Å². The van der Waals surface area contributed by atoms with Crippen LogP contribution in [0, 0.1) is 6.92 Å². The van der Waals surface area contributed by atoms with Crippen LogP contribution >= 0.6 is 15.9 Å². The first-order valence-corrected chi connectivity index (χ1v) is 7.81. The summed E-state index contributed by atoms with van der Waals surface area (Å²) in [7, 11) is 0. The van der Waals surface area contributed by atoms with E-state index in [1.165, 1.54) is 0 Å². The Morgan fingerprint density at radius 1 is 1.40 bits per heavy atom. The van der Waals surface area contributed by atoms with Crippen LogP contribution in [-0.4, -0.2) is 30.1 Å². The Morgan fingerprint density at radius 2 is 2.20 bits per heavy atom. The molecule has 1 fully saturated rings. The monoisotopic (exact) mass is 343 g/mol. The third kappa shape index (κ3) is 4.72. The van der Waals surface area contributed by atoms with Crippen molar-refractivity contribution >= 4 is 15.9 Å². The molecule has 1 aromatic heterocycles. The van der Waals surface area contributed by atoms with E-state index < -0.39 is 0 Å². The summed E-state index contributed by atoms with van der Waals surface area (Å²) in [5.74, 6) is 0.787. The van der Waals surface area contributed by atoms with Crippen LogP contribution in [0.5, 0.6) is 5.75 Å². The molecule has 0 aliphatic carbocycles. The van der Waals surface area contributed by atoms with Crippen LogP contribution in [-0.2, 0) is 9.47 Å². The maximum atomic E-state index is 5.99. The molecule has 2 rings (SSSR count). The molecule has 1 unspecified atom stereocenters. The van der Waals surface area contributed by atoms with Crippen molar-refractivity contribution in [2.24, 2.45) is 0 Å². The number of hydrogen-bond acceptors (Lipinski definition) is 4. The van der Waals surface area contributed by atoms with Gasteiger partial charge in [-0.1, -0.05) is 0 Å². The highest BCUT2D eigenvalue weighted by molar-refractivity contribution is 9.10. The van der Waals surface area contributed by atoms with Gasteiger partial charge < -0.3 is 14.2 Å². The number of halogens is 1. The summed E-state index contributed by atoms with van der Waals surface area (Å²) < 4.78 is 18.2. The predicted molar refractivity (Wildman–Crippen MR) is 80.9 cm³/mol. The van der Waals surface area contributed by atoms with Crippen molar-refractivity contribution in [2.45, 2.75) is 51.9 Å². The third-order valence-electron chi connectivity index (χ3n) is 3.17. The largest absolute Gasteiger partial charge is 0.489 e. The summed E-state index contributed by atoms with van der Waals surface area (Å²) in [4.78, 5) is 4.32. The van der Waals surface area contributed by atoms with Crippen molar-refractivity contribution in [3.05, 3.63) is 22.4 Å². The molecular weight excluding hydrogens is 322 g/mol. The van der Waals surface area contributed by atoms with Gasteiger partial charge in [-0.15, -0.1) is 0 Å². The van der Waals surface area contributed by atoms with Crippen LogP contribution in [0.15, 0.2) is 16.7 Å². The minimum absolute atomic E-state index is 0.105. The lowest BCUT2D eigenvalue weighted by Crippen LogP contribution is -2.38. The van der Waals surface area contributed by atoms with Gasteiger partial charge in [0.15, 0.2) is 6.29 Å². The first kappa shape index (κ1) is 15.7. The molecule has 1 aliphatic rings. The van der Waals surface area contributed by atoms with Crippen LogP contribution < -0.4 is 4.74 Å². The highest BCUT2D eigenvalue weighted by atomic mass is 79.9. The quantitative estimate of drug-likeness (QED) is 0.761. The van der Waals surface area contributed by atoms with E-state index in [4.69, 9.17) is 14.2 Å². The number of pyridine rings is 1. The molecule has 0 amide bonds. The number of aryl methyl sites for hydroxylation is 1. The Morgan fingerprint density at radius 3 is 2.85 bits per heavy atom. The molecule has 0 aromatic carbocycles. The molecule has 5 heteroatoms. The molecule has 4 nitrogen and oxygen atoms in total. The van der Waals surface area contributed by atoms with Gasteiger partial charge in [-0.3, -0.25) is 0 Å². The van der Waals surface area contributed by atoms with Gasteiger partial charge in [0.2, 0.25) is 0 Å². The Kier molecular flexibility index (Phi) is 5.41. The molecule has 0 spiro atoms. The van der Waals surface area contributed by atoms with E-state index in [0.29, 0.717) is 6.61 Å². The van der Waals surface area contributed by atoms with Crippen molar-refractivity contribution in [3.8, 4) is 5.75 Å². The van der Waals surface area contributed by atoms with Gasteiger partial charge in [-0.05, 0) is 68.1 Å². The summed E-state index contributed by atoms with van der Waals surface area (Å²) in [6, 6.07) is 3.79. The van der Waals surface area contributed by atoms with E-state index in [-0.39, 0.29) is 11.9 Å². The van der Waals surface area contributed by atoms with E-state index in [1.807, 2.05) is 32.9 Å². The molecule has 1 atom stereocenters. The fraction of sp³-hybridized carbons (Fsp3) is 0.667. The summed E-state index contributed by atoms with van der Waals surface area (Å²) in [6.07, 6.45) is 3.15. The van der Waals surface area contributed by atoms with Gasteiger partial charge in [0.1, 0.15) is 17.0 Å². The maximum absolute atomic E-state index is 5.99. The molecule has 112 valence electrons. The average molecular weight is 344 g/mol. The molecular formula is C15H22BrNO3. The number of rotatable bonds is 5. The van der Waals surface area contributed by atoms with Crippen LogP contribution in [0.25, 0.3) is 0 Å². The fourth-order valence-electron chi connectivity index (χ4n) is 2.12. The second kappa shape index (κ2) is 6.87. The van der Waals surface area contributed by atoms with Gasteiger partial charge >= 0.3 is 0 Å². The smallest absolute Gasteiger partial charge is 0.158 e. The van der Waals surface area contributed by atoms with E-state index in [9.17, 15) is 0 Å². The van der Waals surface area contributed by atoms with Crippen molar-refractivity contribution < 1.29 is 14.2 Å².